The van der Waals surface area contributed by atoms with Gasteiger partial charge in [-0.05, 0) is 201 Å². The fourth-order valence-electron chi connectivity index (χ4n) is 10.1. The van der Waals surface area contributed by atoms with E-state index in [0.29, 0.717) is 51.3 Å². The van der Waals surface area contributed by atoms with E-state index in [9.17, 15) is 70.2 Å². The number of nitrogens with one attached hydrogen (secondary N) is 1. The van der Waals surface area contributed by atoms with E-state index in [1.807, 2.05) is 13.8 Å². The van der Waals surface area contributed by atoms with E-state index < -0.39 is 93.3 Å². The first-order chi connectivity index (χ1) is 45.6. The quantitative estimate of drug-likeness (QED) is 0.0212. The van der Waals surface area contributed by atoms with Gasteiger partial charge in [0.25, 0.3) is 56.5 Å². The van der Waals surface area contributed by atoms with E-state index in [-0.39, 0.29) is 84.8 Å². The van der Waals surface area contributed by atoms with E-state index >= 15 is 0 Å². The lowest BCUT2D eigenvalue weighted by molar-refractivity contribution is 0.102. The fraction of sp³-hybridized carbons (Fsp3) is 0.113. The fourth-order valence-corrected chi connectivity index (χ4v) is 13.3. The third kappa shape index (κ3) is 15.4. The molecule has 0 unspecified atom stereocenters. The number of anilines is 1. The van der Waals surface area contributed by atoms with Crippen LogP contribution in [0.2, 0.25) is 0 Å². The number of benzene rings is 10. The lowest BCUT2D eigenvalue weighted by atomic mass is 10.1. The van der Waals surface area contributed by atoms with Gasteiger partial charge in [-0.2, -0.15) is 82.7 Å². The number of carbonyl (C=O) groups excluding carboxylic acids is 1. The number of rotatable bonds is 20. The maximum Gasteiger partial charge on any atom is 0.296 e. The molecule has 1 aromatic heterocycles. The Kier molecular flexibility index (Phi) is 18.3. The molecule has 0 saturated heterocycles. The largest absolute Gasteiger partial charge is 0.505 e. The van der Waals surface area contributed by atoms with Gasteiger partial charge in [0.05, 0.1) is 62.8 Å². The molecule has 0 bridgehead atoms. The van der Waals surface area contributed by atoms with E-state index in [1.165, 1.54) is 66.7 Å². The molecule has 11 aromatic rings. The van der Waals surface area contributed by atoms with Crippen LogP contribution in [-0.2, 0) is 50.6 Å². The topological polar surface area (TPSA) is 460 Å². The van der Waals surface area contributed by atoms with Gasteiger partial charge in [-0.15, -0.1) is 15.3 Å². The van der Waals surface area contributed by atoms with Crippen molar-refractivity contribution in [2.75, 3.05) is 17.7 Å². The molecule has 0 saturated carbocycles. The zero-order valence-corrected chi connectivity index (χ0v) is 54.7. The highest BCUT2D eigenvalue weighted by Gasteiger charge is 2.26. The molecule has 0 aliphatic rings. The standard InChI is InChI=1S/C62H50N12O18S5/c1-33-22-42(11-17-51(33)67-64-40-8-6-37(7-9-40)62(76)63-41-10-14-47-38(26-41)28-45(30-56(47)95(83,84)85)92-20-5-21-93(77,78)79)65-68-52-18-12-43(23-34(52)2)66-69-54-24-36(4)55(25-35(54)3)70-71-60-58(97(89,90)91)29-39-27-44(13-15-48(39)61(60)75)74-72-53-19-16-49-50(59(53)73-74)31-46(94(80,81)82)32-57(49)96(86,87)88/h6-19,22-32,75H,5,20-21H2,1-4H3,(H,63,76)(H,77,78,79)(H,80,81,82)(H,83,84,85)(H,86,87,88)(H,89,90,91). The Bertz CT molecular complexity index is 5870. The van der Waals surface area contributed by atoms with E-state index in [2.05, 4.69) is 56.4 Å². The SMILES string of the molecule is Cc1cc(N=Nc2ccc(N=Nc3cc(C)c(N=Nc4c(S(=O)(=O)O)cc5cc(-n6nc7ccc8c(S(=O)(=O)O)cc(S(=O)(=O)O)cc8c7n6)ccc5c4O)cc3C)cc2C)ccc1N=Nc1ccc(C(=O)Nc2ccc3c(S(=O)(=O)O)cc(OCCCS(=O)(=O)O)cc3c2)cc1. The van der Waals surface area contributed by atoms with Crippen molar-refractivity contribution >= 4 is 151 Å². The molecule has 0 fully saturated rings. The molecule has 496 valence electrons. The van der Waals surface area contributed by atoms with Crippen molar-refractivity contribution in [1.29, 1.82) is 0 Å². The number of aromatic hydroxyl groups is 1. The summed E-state index contributed by atoms with van der Waals surface area (Å²) in [7, 11) is -24.0. The molecular formula is C62H50N12O18S5. The van der Waals surface area contributed by atoms with Crippen LogP contribution in [0.25, 0.3) is 49.0 Å². The molecule has 97 heavy (non-hydrogen) atoms. The Balaban J connectivity index is 0.727. The number of carbonyl (C=O) groups is 1. The minimum atomic E-state index is -5.08. The molecule has 1 heterocycles. The maximum atomic E-state index is 13.3. The molecule has 0 radical (unpaired) electrons. The van der Waals surface area contributed by atoms with Crippen molar-refractivity contribution in [1.82, 2.24) is 15.0 Å². The number of fused-ring (bicyclic) bond motifs is 5. The van der Waals surface area contributed by atoms with Crippen LogP contribution >= 0.6 is 0 Å². The average molecular weight is 1410 g/mol. The number of amides is 1. The minimum Gasteiger partial charge on any atom is -0.505 e. The Hall–Kier alpha value is -10.6. The summed E-state index contributed by atoms with van der Waals surface area (Å²) < 4.78 is 175. The van der Waals surface area contributed by atoms with Crippen LogP contribution in [0.4, 0.5) is 51.2 Å². The number of phenols is 1. The van der Waals surface area contributed by atoms with Crippen molar-refractivity contribution in [3.8, 4) is 17.2 Å². The predicted molar refractivity (Wildman–Crippen MR) is 355 cm³/mol. The second-order valence-corrected chi connectivity index (χ2v) is 29.0. The zero-order valence-electron chi connectivity index (χ0n) is 50.6. The van der Waals surface area contributed by atoms with Crippen molar-refractivity contribution in [2.24, 2.45) is 40.9 Å². The summed E-state index contributed by atoms with van der Waals surface area (Å²) in [5.41, 5.74) is 6.06. The number of hydrogen-bond acceptors (Lipinski definition) is 23. The molecule has 0 atom stereocenters. The summed E-state index contributed by atoms with van der Waals surface area (Å²) in [5, 5.41) is 58.0. The number of azo groups is 4. The molecule has 10 aromatic carbocycles. The third-order valence-electron chi connectivity index (χ3n) is 14.9. The molecule has 30 nitrogen and oxygen atoms in total. The van der Waals surface area contributed by atoms with Gasteiger partial charge in [-0.1, -0.05) is 12.1 Å². The van der Waals surface area contributed by atoms with Gasteiger partial charge in [-0.25, -0.2) is 0 Å². The number of nitrogens with zero attached hydrogens (tertiary/aromatic N) is 11. The average Bonchev–Trinajstić information content (AvgIpc) is 1.72. The van der Waals surface area contributed by atoms with Gasteiger partial charge in [-0.3, -0.25) is 27.6 Å². The van der Waals surface area contributed by atoms with Crippen molar-refractivity contribution in [3.05, 3.63) is 179 Å². The van der Waals surface area contributed by atoms with Crippen LogP contribution in [0.15, 0.2) is 212 Å². The number of aromatic nitrogens is 3. The van der Waals surface area contributed by atoms with E-state index in [4.69, 9.17) is 9.29 Å². The minimum absolute atomic E-state index is 0.00133. The Labute approximate surface area is 551 Å². The number of aryl methyl sites for hydroxylation is 4. The van der Waals surface area contributed by atoms with E-state index in [0.717, 1.165) is 34.1 Å². The predicted octanol–water partition coefficient (Wildman–Crippen LogP) is 14.4. The Morgan fingerprint density at radius 3 is 1.60 bits per heavy atom. The highest BCUT2D eigenvalue weighted by molar-refractivity contribution is 7.87. The monoisotopic (exact) mass is 1410 g/mol. The molecule has 1 amide bonds. The smallest absolute Gasteiger partial charge is 0.296 e. The van der Waals surface area contributed by atoms with Crippen LogP contribution < -0.4 is 10.1 Å². The molecule has 7 N–H and O–H groups in total. The first-order valence-corrected chi connectivity index (χ1v) is 35.6. The van der Waals surface area contributed by atoms with Crippen molar-refractivity contribution in [2.45, 2.75) is 53.7 Å². The molecular weight excluding hydrogens is 1360 g/mol. The summed E-state index contributed by atoms with van der Waals surface area (Å²) in [5.74, 6) is -1.75. The molecule has 0 aliphatic heterocycles. The molecule has 11 rings (SSSR count). The van der Waals surface area contributed by atoms with Crippen LogP contribution in [0.1, 0.15) is 39.0 Å². The van der Waals surface area contributed by atoms with E-state index in [1.54, 1.807) is 74.5 Å². The first-order valence-electron chi connectivity index (χ1n) is 28.2. The van der Waals surface area contributed by atoms with Crippen LogP contribution in [0.5, 0.6) is 11.5 Å². The summed E-state index contributed by atoms with van der Waals surface area (Å²) in [6, 6.07) is 36.2. The van der Waals surface area contributed by atoms with Gasteiger partial charge in [0, 0.05) is 38.9 Å². The van der Waals surface area contributed by atoms with Gasteiger partial charge in [0.15, 0.2) is 5.75 Å². The Morgan fingerprint density at radius 1 is 0.474 bits per heavy atom. The summed E-state index contributed by atoms with van der Waals surface area (Å²) in [6.07, 6.45) is -0.0928. The van der Waals surface area contributed by atoms with Crippen LogP contribution in [0.3, 0.4) is 0 Å². The van der Waals surface area contributed by atoms with Crippen LogP contribution in [0, 0.1) is 27.7 Å². The van der Waals surface area contributed by atoms with Crippen LogP contribution in [-0.4, -0.2) is 103 Å². The number of ether oxygens (including phenoxy) is 1. The second-order valence-electron chi connectivity index (χ2n) is 21.8. The third-order valence-corrected chi connectivity index (χ3v) is 19.1. The number of hydrogen-bond donors (Lipinski definition) is 7. The second kappa shape index (κ2) is 26.2. The highest BCUT2D eigenvalue weighted by Crippen LogP contribution is 2.43. The summed E-state index contributed by atoms with van der Waals surface area (Å²) in [4.78, 5) is 11.4. The van der Waals surface area contributed by atoms with Crippen molar-refractivity contribution < 1.29 is 79.5 Å². The Morgan fingerprint density at radius 2 is 1.01 bits per heavy atom. The zero-order chi connectivity index (χ0) is 69.7. The van der Waals surface area contributed by atoms with Gasteiger partial charge in [0.1, 0.15) is 37.2 Å². The highest BCUT2D eigenvalue weighted by atomic mass is 32.2. The molecule has 35 heteroatoms. The lowest BCUT2D eigenvalue weighted by Gasteiger charge is -2.12. The molecule has 0 spiro atoms. The summed E-state index contributed by atoms with van der Waals surface area (Å²) >= 11 is 0. The number of phenolic OH excluding ortho intramolecular Hbond substituents is 1. The molecule has 0 aliphatic carbocycles. The van der Waals surface area contributed by atoms with Crippen molar-refractivity contribution in [3.63, 3.8) is 0 Å². The van der Waals surface area contributed by atoms with Gasteiger partial charge in [0.2, 0.25) is 0 Å². The first kappa shape index (κ1) is 67.8. The lowest BCUT2D eigenvalue weighted by Crippen LogP contribution is -2.11. The normalized spacial score (nSPS) is 12.8. The summed E-state index contributed by atoms with van der Waals surface area (Å²) in [6.45, 7) is 6.90. The van der Waals surface area contributed by atoms with Gasteiger partial charge >= 0.3 is 0 Å². The maximum absolute atomic E-state index is 13.3. The van der Waals surface area contributed by atoms with Gasteiger partial charge < -0.3 is 15.2 Å².